The average Bonchev–Trinajstić information content (AvgIpc) is 3.56. The number of thiophene rings is 1. The predicted molar refractivity (Wildman–Crippen MR) is 220 cm³/mol. The molecular formula is C46H35NSSi2. The van der Waals surface area contributed by atoms with Crippen LogP contribution in [0.1, 0.15) is 11.1 Å². The summed E-state index contributed by atoms with van der Waals surface area (Å²) in [4.78, 5) is 2.70. The highest BCUT2D eigenvalue weighted by Crippen LogP contribution is 2.46. The van der Waals surface area contributed by atoms with Gasteiger partial charge in [0.2, 0.25) is 0 Å². The van der Waals surface area contributed by atoms with Crippen molar-refractivity contribution >= 4 is 95.4 Å². The molecule has 8 aromatic rings. The molecule has 7 aromatic carbocycles. The molecule has 238 valence electrons. The molecule has 1 nitrogen and oxygen atoms in total. The van der Waals surface area contributed by atoms with Crippen molar-refractivity contribution in [1.29, 1.82) is 0 Å². The van der Waals surface area contributed by atoms with E-state index in [1.54, 1.807) is 0 Å². The Kier molecular flexibility index (Phi) is 6.59. The number of rotatable bonds is 4. The molecule has 0 N–H and O–H groups in total. The van der Waals surface area contributed by atoms with Crippen LogP contribution in [0.25, 0.3) is 10.1 Å². The SMILES string of the molecule is Cc1ccc2c(c1)[Si](c1ccccc1)(c1ccccc1)c1cc(C)cc3c1N2c1sc2ccccc2c1[Si]3(c1ccccc1)c1ccccc1. The minimum atomic E-state index is -2.88. The van der Waals surface area contributed by atoms with Gasteiger partial charge in [0.15, 0.2) is 16.1 Å². The first-order valence-corrected chi connectivity index (χ1v) is 22.3. The van der Waals surface area contributed by atoms with Crippen LogP contribution in [0.3, 0.4) is 0 Å². The Bertz CT molecular complexity index is 2480. The number of benzene rings is 7. The monoisotopic (exact) mass is 689 g/mol. The first-order chi connectivity index (χ1) is 24.6. The molecule has 0 unspecified atom stereocenters. The number of aryl methyl sites for hydroxylation is 2. The summed E-state index contributed by atoms with van der Waals surface area (Å²) in [6.45, 7) is 4.59. The van der Waals surface area contributed by atoms with Crippen molar-refractivity contribution in [1.82, 2.24) is 0 Å². The maximum Gasteiger partial charge on any atom is 0.185 e. The molecule has 0 spiro atoms. The second kappa shape index (κ2) is 11.1. The van der Waals surface area contributed by atoms with Crippen LogP contribution in [0, 0.1) is 13.8 Å². The normalized spacial score (nSPS) is 14.9. The Hall–Kier alpha value is -5.27. The smallest absolute Gasteiger partial charge is 0.185 e. The van der Waals surface area contributed by atoms with Crippen molar-refractivity contribution in [3.8, 4) is 0 Å². The lowest BCUT2D eigenvalue weighted by Crippen LogP contribution is -2.82. The molecule has 0 radical (unpaired) electrons. The van der Waals surface area contributed by atoms with Gasteiger partial charge in [0.05, 0.1) is 0 Å². The van der Waals surface area contributed by atoms with Gasteiger partial charge in [-0.3, -0.25) is 0 Å². The summed E-state index contributed by atoms with van der Waals surface area (Å²) in [6.07, 6.45) is 0. The van der Waals surface area contributed by atoms with E-state index in [0.717, 1.165) is 0 Å². The lowest BCUT2D eigenvalue weighted by atomic mass is 10.1. The standard InChI is InChI=1S/C46H35NSSi2/c1-32-27-28-39-41(29-32)49(34-17-7-3-8-18-34,35-19-9-4-10-20-35)42-30-33(2)31-43-44(42)47(39)46-45(38-25-15-16-26-40(38)48-46)50(43,36-21-11-5-12-22-36)37-23-13-6-14-24-37/h3-31H,1-2H3. The minimum absolute atomic E-state index is 1.30. The second-order valence-corrected chi connectivity index (χ2v) is 22.3. The number of hydrogen-bond donors (Lipinski definition) is 0. The molecule has 3 heterocycles. The Labute approximate surface area is 299 Å². The van der Waals surface area contributed by atoms with Crippen LogP contribution in [0.5, 0.6) is 0 Å². The van der Waals surface area contributed by atoms with E-state index < -0.39 is 16.1 Å². The average molecular weight is 690 g/mol. The van der Waals surface area contributed by atoms with E-state index in [9.17, 15) is 0 Å². The molecule has 10 rings (SSSR count). The largest absolute Gasteiger partial charge is 0.302 e. The molecule has 0 aliphatic carbocycles. The summed E-state index contributed by atoms with van der Waals surface area (Å²) in [7, 11) is -5.72. The van der Waals surface area contributed by atoms with Crippen LogP contribution in [-0.4, -0.2) is 16.1 Å². The van der Waals surface area contributed by atoms with Gasteiger partial charge in [0.1, 0.15) is 5.00 Å². The Balaban J connectivity index is 1.49. The molecular weight excluding hydrogens is 655 g/mol. The summed E-state index contributed by atoms with van der Waals surface area (Å²) in [5.74, 6) is 0. The fourth-order valence-electron chi connectivity index (χ4n) is 9.21. The molecule has 4 heteroatoms. The van der Waals surface area contributed by atoms with Crippen molar-refractivity contribution in [3.63, 3.8) is 0 Å². The number of nitrogens with zero attached hydrogens (tertiary/aromatic N) is 1. The summed E-state index contributed by atoms with van der Waals surface area (Å²) < 4.78 is 1.35. The zero-order chi connectivity index (χ0) is 33.5. The third-order valence-corrected chi connectivity index (χ3v) is 22.0. The molecule has 2 aliphatic heterocycles. The van der Waals surface area contributed by atoms with E-state index in [0.29, 0.717) is 0 Å². The third-order valence-electron chi connectivity index (χ3n) is 11.1. The highest BCUT2D eigenvalue weighted by molar-refractivity contribution is 7.32. The van der Waals surface area contributed by atoms with E-state index in [1.165, 1.54) is 79.1 Å². The van der Waals surface area contributed by atoms with Gasteiger partial charge in [-0.05, 0) is 72.9 Å². The summed E-state index contributed by atoms with van der Waals surface area (Å²) >= 11 is 1.97. The Morgan fingerprint density at radius 3 is 1.46 bits per heavy atom. The maximum atomic E-state index is 2.70. The Morgan fingerprint density at radius 1 is 0.440 bits per heavy atom. The summed E-state index contributed by atoms with van der Waals surface area (Å²) in [5, 5.41) is 14.5. The van der Waals surface area contributed by atoms with Crippen LogP contribution < -0.4 is 46.4 Å². The van der Waals surface area contributed by atoms with Gasteiger partial charge >= 0.3 is 0 Å². The number of fused-ring (bicyclic) bond motifs is 6. The quantitative estimate of drug-likeness (QED) is 0.194. The van der Waals surface area contributed by atoms with E-state index in [2.05, 4.69) is 195 Å². The fourth-order valence-corrected chi connectivity index (χ4v) is 21.8. The van der Waals surface area contributed by atoms with Gasteiger partial charge in [-0.1, -0.05) is 175 Å². The van der Waals surface area contributed by atoms with E-state index >= 15 is 0 Å². The summed E-state index contributed by atoms with van der Waals surface area (Å²) in [6, 6.07) is 67.5. The van der Waals surface area contributed by atoms with E-state index in [-0.39, 0.29) is 0 Å². The molecule has 0 atom stereocenters. The molecule has 0 saturated carbocycles. The van der Waals surface area contributed by atoms with Crippen LogP contribution >= 0.6 is 11.3 Å². The van der Waals surface area contributed by atoms with Gasteiger partial charge < -0.3 is 4.90 Å². The number of hydrogen-bond acceptors (Lipinski definition) is 2. The van der Waals surface area contributed by atoms with Crippen LogP contribution in [0.2, 0.25) is 0 Å². The van der Waals surface area contributed by atoms with Crippen molar-refractivity contribution < 1.29 is 0 Å². The molecule has 1 aromatic heterocycles. The fraction of sp³-hybridized carbons (Fsp3) is 0.0435. The van der Waals surface area contributed by atoms with E-state index in [4.69, 9.17) is 0 Å². The predicted octanol–water partition coefficient (Wildman–Crippen LogP) is 6.37. The first kappa shape index (κ1) is 29.6. The van der Waals surface area contributed by atoms with Crippen LogP contribution in [-0.2, 0) is 0 Å². The van der Waals surface area contributed by atoms with Crippen LogP contribution in [0.15, 0.2) is 176 Å². The molecule has 50 heavy (non-hydrogen) atoms. The molecule has 0 fully saturated rings. The lowest BCUT2D eigenvalue weighted by molar-refractivity contribution is 1.31. The lowest BCUT2D eigenvalue weighted by Gasteiger charge is -2.51. The Morgan fingerprint density at radius 2 is 0.900 bits per heavy atom. The third kappa shape index (κ3) is 3.87. The van der Waals surface area contributed by atoms with Gasteiger partial charge in [-0.2, -0.15) is 0 Å². The summed E-state index contributed by atoms with van der Waals surface area (Å²) in [5.41, 5.74) is 5.36. The second-order valence-electron chi connectivity index (χ2n) is 13.8. The number of anilines is 3. The topological polar surface area (TPSA) is 3.24 Å². The molecule has 2 aliphatic rings. The zero-order valence-corrected chi connectivity index (χ0v) is 30.9. The minimum Gasteiger partial charge on any atom is -0.302 e. The van der Waals surface area contributed by atoms with Crippen molar-refractivity contribution in [2.75, 3.05) is 4.90 Å². The highest BCUT2D eigenvalue weighted by atomic mass is 32.1. The zero-order valence-electron chi connectivity index (χ0n) is 28.1. The first-order valence-electron chi connectivity index (χ1n) is 17.4. The van der Waals surface area contributed by atoms with Crippen LogP contribution in [0.4, 0.5) is 16.4 Å². The molecule has 0 bridgehead atoms. The molecule has 0 amide bonds. The van der Waals surface area contributed by atoms with Crippen molar-refractivity contribution in [3.05, 3.63) is 187 Å². The van der Waals surface area contributed by atoms with Gasteiger partial charge in [-0.25, -0.2) is 0 Å². The van der Waals surface area contributed by atoms with Gasteiger partial charge in [0, 0.05) is 16.1 Å². The van der Waals surface area contributed by atoms with Crippen molar-refractivity contribution in [2.45, 2.75) is 13.8 Å². The van der Waals surface area contributed by atoms with E-state index in [1.807, 2.05) is 11.3 Å². The van der Waals surface area contributed by atoms with Crippen molar-refractivity contribution in [2.24, 2.45) is 0 Å². The van der Waals surface area contributed by atoms with Gasteiger partial charge in [0.25, 0.3) is 0 Å². The highest BCUT2D eigenvalue weighted by Gasteiger charge is 2.57. The van der Waals surface area contributed by atoms with Gasteiger partial charge in [-0.15, -0.1) is 11.3 Å². The molecule has 0 saturated heterocycles. The maximum absolute atomic E-state index is 2.88.